The molecule has 1 fully saturated rings. The molecule has 170 valence electrons. The molecule has 0 spiro atoms. The number of nitrogens with one attached hydrogen (secondary N) is 1. The lowest BCUT2D eigenvalue weighted by molar-refractivity contribution is -0.108. The van der Waals surface area contributed by atoms with Crippen molar-refractivity contribution in [2.75, 3.05) is 19.6 Å². The number of rotatable bonds is 6. The second-order valence-electron chi connectivity index (χ2n) is 8.93. The third-order valence-corrected chi connectivity index (χ3v) is 6.80. The van der Waals surface area contributed by atoms with Crippen LogP contribution in [0.1, 0.15) is 59.4 Å². The van der Waals surface area contributed by atoms with E-state index >= 15 is 0 Å². The van der Waals surface area contributed by atoms with Gasteiger partial charge in [-0.1, -0.05) is 48.0 Å². The van der Waals surface area contributed by atoms with Gasteiger partial charge in [-0.15, -0.1) is 24.8 Å². The van der Waals surface area contributed by atoms with E-state index in [2.05, 4.69) is 59.6 Å². The molecule has 0 aromatic heterocycles. The number of hydrogen-bond acceptors (Lipinski definition) is 3. The number of aryl methyl sites for hydroxylation is 2. The van der Waals surface area contributed by atoms with E-state index in [1.165, 1.54) is 47.1 Å². The van der Waals surface area contributed by atoms with E-state index in [4.69, 9.17) is 0 Å². The van der Waals surface area contributed by atoms with Crippen molar-refractivity contribution in [2.24, 2.45) is 5.92 Å². The summed E-state index contributed by atoms with van der Waals surface area (Å²) >= 11 is 0. The Hall–Kier alpha value is -1.39. The van der Waals surface area contributed by atoms with Gasteiger partial charge in [-0.05, 0) is 79.8 Å². The Kier molecular flexibility index (Phi) is 10.5. The highest BCUT2D eigenvalue weighted by Crippen LogP contribution is 2.37. The van der Waals surface area contributed by atoms with Gasteiger partial charge in [-0.25, -0.2) is 0 Å². The third kappa shape index (κ3) is 6.79. The zero-order valence-electron chi connectivity index (χ0n) is 18.5. The fraction of sp³-hybridized carbons (Fsp3) is 0.500. The molecule has 2 heterocycles. The standard InChI is InChI=1S/C26H34N2O.2ClH/c1-20-6-8-21(9-7-20)18-28-14-12-23(5-3-15-29)26(19-28)24-11-10-22-4-2-13-27-17-25(22)16-24;;/h6-11,15-16,23,26-27H,2-5,12-14,17-19H2,1H3;2*1H. The summed E-state index contributed by atoms with van der Waals surface area (Å²) in [6.45, 7) is 7.47. The molecule has 2 atom stereocenters. The van der Waals surface area contributed by atoms with Crippen molar-refractivity contribution in [2.45, 2.75) is 58.0 Å². The predicted molar refractivity (Wildman–Crippen MR) is 134 cm³/mol. The van der Waals surface area contributed by atoms with Crippen LogP contribution in [0, 0.1) is 12.8 Å². The molecule has 31 heavy (non-hydrogen) atoms. The van der Waals surface area contributed by atoms with Gasteiger partial charge in [-0.2, -0.15) is 0 Å². The van der Waals surface area contributed by atoms with Gasteiger partial charge in [-0.3, -0.25) is 4.90 Å². The number of aldehydes is 1. The van der Waals surface area contributed by atoms with Gasteiger partial charge >= 0.3 is 0 Å². The minimum atomic E-state index is 0. The predicted octanol–water partition coefficient (Wildman–Crippen LogP) is 5.46. The summed E-state index contributed by atoms with van der Waals surface area (Å²) < 4.78 is 0. The second-order valence-corrected chi connectivity index (χ2v) is 8.93. The molecule has 4 rings (SSSR count). The van der Waals surface area contributed by atoms with Gasteiger partial charge in [0.2, 0.25) is 0 Å². The lowest BCUT2D eigenvalue weighted by Gasteiger charge is -2.39. The fourth-order valence-corrected chi connectivity index (χ4v) is 5.08. The molecule has 2 aliphatic heterocycles. The average Bonchev–Trinajstić information content (AvgIpc) is 2.99. The fourth-order valence-electron chi connectivity index (χ4n) is 5.08. The number of halogens is 2. The van der Waals surface area contributed by atoms with E-state index in [1.54, 1.807) is 0 Å². The van der Waals surface area contributed by atoms with Crippen LogP contribution in [0.3, 0.4) is 0 Å². The van der Waals surface area contributed by atoms with E-state index < -0.39 is 0 Å². The zero-order chi connectivity index (χ0) is 20.1. The maximum absolute atomic E-state index is 11.0. The Morgan fingerprint density at radius 3 is 2.68 bits per heavy atom. The SMILES string of the molecule is Cc1ccc(CN2CCC(CCC=O)C(c3ccc4c(c3)CNCCC4)C2)cc1.Cl.Cl. The minimum absolute atomic E-state index is 0. The molecule has 0 aliphatic carbocycles. The van der Waals surface area contributed by atoms with Crippen molar-refractivity contribution >= 4 is 31.1 Å². The van der Waals surface area contributed by atoms with Gasteiger partial charge in [0.25, 0.3) is 0 Å². The molecule has 0 bridgehead atoms. The van der Waals surface area contributed by atoms with Crippen LogP contribution < -0.4 is 5.32 Å². The molecule has 0 amide bonds. The Morgan fingerprint density at radius 2 is 1.90 bits per heavy atom. The average molecular weight is 463 g/mol. The molecule has 0 radical (unpaired) electrons. The highest BCUT2D eigenvalue weighted by Gasteiger charge is 2.30. The Balaban J connectivity index is 0.00000171. The van der Waals surface area contributed by atoms with Crippen LogP contribution in [0.5, 0.6) is 0 Å². The lowest BCUT2D eigenvalue weighted by Crippen LogP contribution is -2.39. The first-order valence-corrected chi connectivity index (χ1v) is 11.3. The molecular weight excluding hydrogens is 427 g/mol. The van der Waals surface area contributed by atoms with Crippen LogP contribution in [0.25, 0.3) is 0 Å². The van der Waals surface area contributed by atoms with Gasteiger partial charge in [0.1, 0.15) is 6.29 Å². The first-order chi connectivity index (χ1) is 14.2. The van der Waals surface area contributed by atoms with Crippen LogP contribution in [0.15, 0.2) is 42.5 Å². The highest BCUT2D eigenvalue weighted by molar-refractivity contribution is 5.85. The maximum atomic E-state index is 11.0. The number of likely N-dealkylation sites (tertiary alicyclic amines) is 1. The first kappa shape index (κ1) is 25.9. The molecule has 1 N–H and O–H groups in total. The summed E-state index contributed by atoms with van der Waals surface area (Å²) in [5.74, 6) is 1.12. The Bertz CT molecular complexity index is 825. The van der Waals surface area contributed by atoms with Crippen LogP contribution >= 0.6 is 24.8 Å². The van der Waals surface area contributed by atoms with Crippen LogP contribution in [0.4, 0.5) is 0 Å². The largest absolute Gasteiger partial charge is 0.313 e. The molecule has 2 unspecified atom stereocenters. The molecule has 5 heteroatoms. The molecule has 2 aromatic carbocycles. The second kappa shape index (κ2) is 12.6. The quantitative estimate of drug-likeness (QED) is 0.578. The lowest BCUT2D eigenvalue weighted by atomic mass is 9.77. The summed E-state index contributed by atoms with van der Waals surface area (Å²) in [5.41, 5.74) is 7.17. The zero-order valence-corrected chi connectivity index (χ0v) is 20.1. The molecule has 2 aromatic rings. The van der Waals surface area contributed by atoms with Crippen LogP contribution in [-0.2, 0) is 24.3 Å². The van der Waals surface area contributed by atoms with E-state index in [0.717, 1.165) is 45.4 Å². The van der Waals surface area contributed by atoms with Crippen LogP contribution in [-0.4, -0.2) is 30.8 Å². The van der Waals surface area contributed by atoms with Crippen LogP contribution in [0.2, 0.25) is 0 Å². The van der Waals surface area contributed by atoms with Crippen molar-refractivity contribution < 1.29 is 4.79 Å². The van der Waals surface area contributed by atoms with Gasteiger partial charge in [0, 0.05) is 26.1 Å². The number of carbonyl (C=O) groups excluding carboxylic acids is 1. The summed E-state index contributed by atoms with van der Waals surface area (Å²) in [6.07, 6.45) is 6.38. The minimum Gasteiger partial charge on any atom is -0.313 e. The number of fused-ring (bicyclic) bond motifs is 1. The summed E-state index contributed by atoms with van der Waals surface area (Å²) in [7, 11) is 0. The van der Waals surface area contributed by atoms with Gasteiger partial charge < -0.3 is 10.1 Å². The van der Waals surface area contributed by atoms with Crippen molar-refractivity contribution in [3.63, 3.8) is 0 Å². The van der Waals surface area contributed by atoms with E-state index in [0.29, 0.717) is 18.3 Å². The monoisotopic (exact) mass is 462 g/mol. The van der Waals surface area contributed by atoms with E-state index in [-0.39, 0.29) is 24.8 Å². The third-order valence-electron chi connectivity index (χ3n) is 6.80. The normalized spacial score (nSPS) is 21.2. The molecule has 1 saturated heterocycles. The molecule has 0 saturated carbocycles. The van der Waals surface area contributed by atoms with E-state index in [1.807, 2.05) is 0 Å². The number of piperidine rings is 1. The Morgan fingerprint density at radius 1 is 1.10 bits per heavy atom. The summed E-state index contributed by atoms with van der Waals surface area (Å²) in [5, 5.41) is 3.57. The Labute approximate surface area is 199 Å². The van der Waals surface area contributed by atoms with Crippen molar-refractivity contribution in [1.82, 2.24) is 10.2 Å². The molecule has 3 nitrogen and oxygen atoms in total. The highest BCUT2D eigenvalue weighted by atomic mass is 35.5. The smallest absolute Gasteiger partial charge is 0.120 e. The van der Waals surface area contributed by atoms with E-state index in [9.17, 15) is 4.79 Å². The number of benzene rings is 2. The first-order valence-electron chi connectivity index (χ1n) is 11.3. The summed E-state index contributed by atoms with van der Waals surface area (Å²) in [6, 6.07) is 16.1. The number of carbonyl (C=O) groups is 1. The molecule has 2 aliphatic rings. The van der Waals surface area contributed by atoms with Gasteiger partial charge in [0.15, 0.2) is 0 Å². The maximum Gasteiger partial charge on any atom is 0.120 e. The molecular formula is C26H36Cl2N2O. The van der Waals surface area contributed by atoms with Crippen molar-refractivity contribution in [3.8, 4) is 0 Å². The topological polar surface area (TPSA) is 32.3 Å². The van der Waals surface area contributed by atoms with Crippen molar-refractivity contribution in [3.05, 3.63) is 70.3 Å². The number of hydrogen-bond donors (Lipinski definition) is 1. The van der Waals surface area contributed by atoms with Gasteiger partial charge in [0.05, 0.1) is 0 Å². The summed E-state index contributed by atoms with van der Waals surface area (Å²) in [4.78, 5) is 13.6. The number of nitrogens with zero attached hydrogens (tertiary/aromatic N) is 1. The van der Waals surface area contributed by atoms with Crippen molar-refractivity contribution in [1.29, 1.82) is 0 Å².